The Morgan fingerprint density at radius 1 is 1.28 bits per heavy atom. The number of piperazine rings is 1. The number of nitrogens with one attached hydrogen (secondary N) is 1. The highest BCUT2D eigenvalue weighted by Gasteiger charge is 2.36. The van der Waals surface area contributed by atoms with Crippen molar-refractivity contribution in [2.75, 3.05) is 32.4 Å². The summed E-state index contributed by atoms with van der Waals surface area (Å²) in [6.45, 7) is 9.66. The fraction of sp³-hybridized carbons (Fsp3) is 1.00. The van der Waals surface area contributed by atoms with E-state index < -0.39 is 0 Å². The van der Waals surface area contributed by atoms with Gasteiger partial charge in [0.2, 0.25) is 0 Å². The van der Waals surface area contributed by atoms with Crippen molar-refractivity contribution < 1.29 is 0 Å². The number of hydrogen-bond acceptors (Lipinski definition) is 3. The molecule has 0 aromatic heterocycles. The van der Waals surface area contributed by atoms with Crippen molar-refractivity contribution >= 4 is 11.8 Å². The van der Waals surface area contributed by atoms with Crippen LogP contribution in [-0.2, 0) is 0 Å². The van der Waals surface area contributed by atoms with Crippen LogP contribution in [-0.4, -0.2) is 48.1 Å². The summed E-state index contributed by atoms with van der Waals surface area (Å²) in [6, 6.07) is 0.740. The normalized spacial score (nSPS) is 29.7. The topological polar surface area (TPSA) is 15.3 Å². The van der Waals surface area contributed by atoms with Gasteiger partial charge in [-0.15, -0.1) is 0 Å². The highest BCUT2D eigenvalue weighted by Crippen LogP contribution is 2.39. The maximum atomic E-state index is 3.57. The number of hydrogen-bond donors (Lipinski definition) is 1. The van der Waals surface area contributed by atoms with Gasteiger partial charge in [-0.1, -0.05) is 33.1 Å². The van der Waals surface area contributed by atoms with E-state index in [-0.39, 0.29) is 0 Å². The lowest BCUT2D eigenvalue weighted by atomic mass is 9.86. The Hall–Kier alpha value is 0.270. The molecule has 18 heavy (non-hydrogen) atoms. The standard InChI is InChI=1S/C15H30N2S/c1-13(2)14-11-16-9-10-17(14)12-15(18-3)7-5-4-6-8-15/h13-14,16H,4-12H2,1-3H3. The van der Waals surface area contributed by atoms with Gasteiger partial charge in [-0.2, -0.15) is 11.8 Å². The Labute approximate surface area is 117 Å². The van der Waals surface area contributed by atoms with E-state index in [1.807, 2.05) is 0 Å². The smallest absolute Gasteiger partial charge is 0.0284 e. The van der Waals surface area contributed by atoms with Gasteiger partial charge in [-0.05, 0) is 25.0 Å². The minimum Gasteiger partial charge on any atom is -0.314 e. The third-order valence-electron chi connectivity index (χ3n) is 4.86. The Morgan fingerprint density at radius 3 is 2.61 bits per heavy atom. The summed E-state index contributed by atoms with van der Waals surface area (Å²) in [7, 11) is 0. The molecule has 0 bridgehead atoms. The highest BCUT2D eigenvalue weighted by atomic mass is 32.2. The van der Waals surface area contributed by atoms with E-state index >= 15 is 0 Å². The molecule has 1 heterocycles. The van der Waals surface area contributed by atoms with Gasteiger partial charge in [-0.25, -0.2) is 0 Å². The summed E-state index contributed by atoms with van der Waals surface area (Å²) in [5, 5.41) is 3.57. The molecule has 1 saturated carbocycles. The van der Waals surface area contributed by atoms with E-state index in [0.29, 0.717) is 4.75 Å². The molecule has 0 radical (unpaired) electrons. The zero-order valence-electron chi connectivity index (χ0n) is 12.4. The number of nitrogens with zero attached hydrogens (tertiary/aromatic N) is 1. The van der Waals surface area contributed by atoms with Crippen LogP contribution in [0.25, 0.3) is 0 Å². The van der Waals surface area contributed by atoms with Gasteiger partial charge in [0.05, 0.1) is 0 Å². The van der Waals surface area contributed by atoms with Gasteiger partial charge in [-0.3, -0.25) is 4.90 Å². The van der Waals surface area contributed by atoms with E-state index in [1.165, 1.54) is 58.3 Å². The summed E-state index contributed by atoms with van der Waals surface area (Å²) < 4.78 is 0.558. The molecule has 2 rings (SSSR count). The predicted octanol–water partition coefficient (Wildman–Crippen LogP) is 2.98. The largest absolute Gasteiger partial charge is 0.314 e. The van der Waals surface area contributed by atoms with Gasteiger partial charge in [0.15, 0.2) is 0 Å². The summed E-state index contributed by atoms with van der Waals surface area (Å²) in [5.41, 5.74) is 0. The van der Waals surface area contributed by atoms with E-state index in [9.17, 15) is 0 Å². The molecule has 0 aromatic carbocycles. The van der Waals surface area contributed by atoms with Gasteiger partial charge in [0.1, 0.15) is 0 Å². The Kier molecular flexibility index (Phi) is 5.40. The average molecular weight is 270 g/mol. The molecule has 0 spiro atoms. The molecular formula is C15H30N2S. The molecule has 2 fully saturated rings. The molecule has 0 amide bonds. The molecule has 2 aliphatic rings. The van der Waals surface area contributed by atoms with Crippen LogP contribution in [0.15, 0.2) is 0 Å². The molecule has 1 atom stereocenters. The van der Waals surface area contributed by atoms with Gasteiger partial charge >= 0.3 is 0 Å². The Balaban J connectivity index is 2.00. The first kappa shape index (κ1) is 14.7. The molecule has 1 N–H and O–H groups in total. The van der Waals surface area contributed by atoms with Gasteiger partial charge in [0.25, 0.3) is 0 Å². The van der Waals surface area contributed by atoms with E-state index in [0.717, 1.165) is 12.0 Å². The van der Waals surface area contributed by atoms with Crippen molar-refractivity contribution in [1.82, 2.24) is 10.2 Å². The molecule has 1 aliphatic carbocycles. The minimum atomic E-state index is 0.558. The molecule has 1 unspecified atom stereocenters. The predicted molar refractivity (Wildman–Crippen MR) is 82.4 cm³/mol. The van der Waals surface area contributed by atoms with Crippen molar-refractivity contribution in [3.63, 3.8) is 0 Å². The second kappa shape index (κ2) is 6.62. The van der Waals surface area contributed by atoms with Crippen LogP contribution in [0.3, 0.4) is 0 Å². The van der Waals surface area contributed by atoms with Crippen LogP contribution >= 0.6 is 11.8 Å². The Bertz CT molecular complexity index is 249. The maximum Gasteiger partial charge on any atom is 0.0284 e. The van der Waals surface area contributed by atoms with Crippen LogP contribution in [0.1, 0.15) is 46.0 Å². The maximum absolute atomic E-state index is 3.57. The minimum absolute atomic E-state index is 0.558. The zero-order valence-corrected chi connectivity index (χ0v) is 13.2. The average Bonchev–Trinajstić information content (AvgIpc) is 2.40. The van der Waals surface area contributed by atoms with Crippen LogP contribution < -0.4 is 5.32 Å². The van der Waals surface area contributed by atoms with E-state index in [4.69, 9.17) is 0 Å². The third kappa shape index (κ3) is 3.43. The summed E-state index contributed by atoms with van der Waals surface area (Å²) in [4.78, 5) is 2.78. The molecule has 1 saturated heterocycles. The van der Waals surface area contributed by atoms with Crippen molar-refractivity contribution in [2.24, 2.45) is 5.92 Å². The quantitative estimate of drug-likeness (QED) is 0.845. The summed E-state index contributed by atoms with van der Waals surface area (Å²) in [6.07, 6.45) is 9.54. The van der Waals surface area contributed by atoms with Crippen LogP contribution in [0, 0.1) is 5.92 Å². The van der Waals surface area contributed by atoms with Crippen molar-refractivity contribution in [3.8, 4) is 0 Å². The van der Waals surface area contributed by atoms with E-state index in [2.05, 4.69) is 42.1 Å². The van der Waals surface area contributed by atoms with Crippen LogP contribution in [0.2, 0.25) is 0 Å². The third-order valence-corrected chi connectivity index (χ3v) is 6.26. The molecular weight excluding hydrogens is 240 g/mol. The Morgan fingerprint density at radius 2 is 2.00 bits per heavy atom. The molecule has 0 aromatic rings. The fourth-order valence-electron chi connectivity index (χ4n) is 3.61. The fourth-order valence-corrected chi connectivity index (χ4v) is 4.61. The zero-order chi connectivity index (χ0) is 13.0. The lowest BCUT2D eigenvalue weighted by Crippen LogP contribution is -2.57. The van der Waals surface area contributed by atoms with Crippen molar-refractivity contribution in [1.29, 1.82) is 0 Å². The second-order valence-electron chi connectivity index (χ2n) is 6.43. The molecule has 106 valence electrons. The van der Waals surface area contributed by atoms with Gasteiger partial charge < -0.3 is 5.32 Å². The number of rotatable bonds is 4. The first-order valence-electron chi connectivity index (χ1n) is 7.67. The van der Waals surface area contributed by atoms with Crippen LogP contribution in [0.4, 0.5) is 0 Å². The summed E-state index contributed by atoms with van der Waals surface area (Å²) in [5.74, 6) is 0.764. The van der Waals surface area contributed by atoms with E-state index in [1.54, 1.807) is 0 Å². The monoisotopic (exact) mass is 270 g/mol. The van der Waals surface area contributed by atoms with Crippen molar-refractivity contribution in [3.05, 3.63) is 0 Å². The lowest BCUT2D eigenvalue weighted by molar-refractivity contribution is 0.104. The van der Waals surface area contributed by atoms with Crippen molar-refractivity contribution in [2.45, 2.75) is 56.7 Å². The molecule has 1 aliphatic heterocycles. The van der Waals surface area contributed by atoms with Crippen LogP contribution in [0.5, 0.6) is 0 Å². The lowest BCUT2D eigenvalue weighted by Gasteiger charge is -2.46. The van der Waals surface area contributed by atoms with Gasteiger partial charge in [0, 0.05) is 37.0 Å². The summed E-state index contributed by atoms with van der Waals surface area (Å²) >= 11 is 2.14. The SMILES string of the molecule is CSC1(CN2CCNCC2C(C)C)CCCCC1. The first-order valence-corrected chi connectivity index (χ1v) is 8.89. The first-order chi connectivity index (χ1) is 8.67. The molecule has 2 nitrogen and oxygen atoms in total. The number of thioether (sulfide) groups is 1. The second-order valence-corrected chi connectivity index (χ2v) is 7.71. The highest BCUT2D eigenvalue weighted by molar-refractivity contribution is 8.00. The molecule has 3 heteroatoms.